The third kappa shape index (κ3) is 5.88. The third-order valence-electron chi connectivity index (χ3n) is 4.64. The molecule has 2 rings (SSSR count). The monoisotopic (exact) mass is 428 g/mol. The predicted molar refractivity (Wildman–Crippen MR) is 113 cm³/mol. The maximum absolute atomic E-state index is 12.2. The van der Waals surface area contributed by atoms with Crippen LogP contribution < -0.4 is 10.2 Å². The van der Waals surface area contributed by atoms with E-state index < -0.39 is 0 Å². The molecule has 1 atom stereocenters. The maximum atomic E-state index is 12.2. The predicted octanol–water partition coefficient (Wildman–Crippen LogP) is 2.33. The van der Waals surface area contributed by atoms with Gasteiger partial charge < -0.3 is 20.0 Å². The fourth-order valence-electron chi connectivity index (χ4n) is 3.13. The van der Waals surface area contributed by atoms with Crippen molar-refractivity contribution in [3.05, 3.63) is 11.2 Å². The van der Waals surface area contributed by atoms with Crippen LogP contribution in [0.25, 0.3) is 0 Å². The van der Waals surface area contributed by atoms with Gasteiger partial charge in [-0.15, -0.1) is 0 Å². The van der Waals surface area contributed by atoms with Crippen molar-refractivity contribution in [2.24, 2.45) is 0 Å². The molecular weight excluding hydrogens is 400 g/mol. The highest BCUT2D eigenvalue weighted by Crippen LogP contribution is 2.24. The molecule has 0 aliphatic carbocycles. The molecule has 10 heteroatoms. The summed E-state index contributed by atoms with van der Waals surface area (Å²) in [6.45, 7) is 11.8. The molecule has 1 aromatic heterocycles. The number of amides is 3. The summed E-state index contributed by atoms with van der Waals surface area (Å²) in [6.07, 6.45) is 0. The molecule has 1 aliphatic rings. The zero-order chi connectivity index (χ0) is 20.7. The van der Waals surface area contributed by atoms with Crippen molar-refractivity contribution in [2.75, 3.05) is 49.9 Å². The van der Waals surface area contributed by atoms with E-state index >= 15 is 0 Å². The first-order valence-electron chi connectivity index (χ1n) is 9.64. The lowest BCUT2D eigenvalue weighted by Gasteiger charge is -2.40. The summed E-state index contributed by atoms with van der Waals surface area (Å²) in [5.74, 6) is 1.06. The van der Waals surface area contributed by atoms with E-state index in [1.54, 1.807) is 11.0 Å². The topological polar surface area (TPSA) is 81.7 Å². The van der Waals surface area contributed by atoms with Crippen molar-refractivity contribution >= 4 is 41.1 Å². The molecular formula is C18H29ClN6O2S. The number of anilines is 1. The Morgan fingerprint density at radius 3 is 2.61 bits per heavy atom. The zero-order valence-corrected chi connectivity index (χ0v) is 18.5. The van der Waals surface area contributed by atoms with Gasteiger partial charge in [-0.3, -0.25) is 4.79 Å². The van der Waals surface area contributed by atoms with Gasteiger partial charge in [0, 0.05) is 51.4 Å². The van der Waals surface area contributed by atoms with Crippen LogP contribution in [0, 0.1) is 0 Å². The molecule has 28 heavy (non-hydrogen) atoms. The Kier molecular flexibility index (Phi) is 8.62. The second-order valence-corrected chi connectivity index (χ2v) is 7.84. The van der Waals surface area contributed by atoms with E-state index in [2.05, 4.69) is 20.2 Å². The lowest BCUT2D eigenvalue weighted by atomic mass is 10.2. The molecule has 1 saturated heterocycles. The SMILES string of the molecule is CCNC(=O)N1CCN(c2cc(Cl)nc(SCC(=O)N(CC)CC)n2)C[C@H]1C. The number of nitrogens with zero attached hydrogens (tertiary/aromatic N) is 5. The minimum atomic E-state index is -0.0403. The van der Waals surface area contributed by atoms with Crippen LogP contribution in [-0.4, -0.2) is 82.8 Å². The van der Waals surface area contributed by atoms with Crippen molar-refractivity contribution in [3.8, 4) is 0 Å². The van der Waals surface area contributed by atoms with Gasteiger partial charge in [-0.25, -0.2) is 14.8 Å². The summed E-state index contributed by atoms with van der Waals surface area (Å²) in [7, 11) is 0. The number of halogens is 1. The molecule has 0 spiro atoms. The summed E-state index contributed by atoms with van der Waals surface area (Å²) < 4.78 is 0. The van der Waals surface area contributed by atoms with Gasteiger partial charge in [-0.2, -0.15) is 0 Å². The molecule has 1 fully saturated rings. The highest BCUT2D eigenvalue weighted by Gasteiger charge is 2.28. The highest BCUT2D eigenvalue weighted by atomic mass is 35.5. The molecule has 8 nitrogen and oxygen atoms in total. The number of carbonyl (C=O) groups is 2. The lowest BCUT2D eigenvalue weighted by Crippen LogP contribution is -2.56. The number of rotatable bonds is 7. The normalized spacial score (nSPS) is 16.8. The van der Waals surface area contributed by atoms with Gasteiger partial charge in [-0.05, 0) is 27.7 Å². The van der Waals surface area contributed by atoms with Gasteiger partial charge in [0.25, 0.3) is 0 Å². The van der Waals surface area contributed by atoms with Crippen molar-refractivity contribution in [3.63, 3.8) is 0 Å². The van der Waals surface area contributed by atoms with Crippen LogP contribution in [0.2, 0.25) is 5.15 Å². The molecule has 0 unspecified atom stereocenters. The van der Waals surface area contributed by atoms with Crippen LogP contribution in [0.5, 0.6) is 0 Å². The first-order valence-corrected chi connectivity index (χ1v) is 11.0. The molecule has 3 amide bonds. The molecule has 2 heterocycles. The summed E-state index contributed by atoms with van der Waals surface area (Å²) in [5, 5.41) is 3.68. The van der Waals surface area contributed by atoms with E-state index in [4.69, 9.17) is 11.6 Å². The molecule has 0 bridgehead atoms. The van der Waals surface area contributed by atoms with Crippen LogP contribution in [-0.2, 0) is 4.79 Å². The molecule has 0 radical (unpaired) electrons. The third-order valence-corrected chi connectivity index (χ3v) is 5.67. The van der Waals surface area contributed by atoms with E-state index in [1.165, 1.54) is 11.8 Å². The Morgan fingerprint density at radius 1 is 1.29 bits per heavy atom. The van der Waals surface area contributed by atoms with E-state index in [9.17, 15) is 9.59 Å². The van der Waals surface area contributed by atoms with Gasteiger partial charge in [0.15, 0.2) is 5.16 Å². The van der Waals surface area contributed by atoms with Crippen molar-refractivity contribution in [2.45, 2.75) is 38.9 Å². The highest BCUT2D eigenvalue weighted by molar-refractivity contribution is 7.99. The molecule has 1 aliphatic heterocycles. The fourth-order valence-corrected chi connectivity index (χ4v) is 4.11. The number of piperazine rings is 1. The maximum Gasteiger partial charge on any atom is 0.317 e. The Morgan fingerprint density at radius 2 is 2.00 bits per heavy atom. The Hall–Kier alpha value is -1.74. The van der Waals surface area contributed by atoms with Crippen molar-refractivity contribution < 1.29 is 9.59 Å². The van der Waals surface area contributed by atoms with Gasteiger partial charge in [0.1, 0.15) is 11.0 Å². The lowest BCUT2D eigenvalue weighted by molar-refractivity contribution is -0.127. The number of nitrogens with one attached hydrogen (secondary N) is 1. The quantitative estimate of drug-likeness (QED) is 0.407. The fraction of sp³-hybridized carbons (Fsp3) is 0.667. The van der Waals surface area contributed by atoms with Crippen LogP contribution in [0.1, 0.15) is 27.7 Å². The smallest absolute Gasteiger partial charge is 0.317 e. The van der Waals surface area contributed by atoms with Gasteiger partial charge in [0.05, 0.1) is 5.75 Å². The second-order valence-electron chi connectivity index (χ2n) is 6.51. The number of aromatic nitrogens is 2. The van der Waals surface area contributed by atoms with Crippen LogP contribution >= 0.6 is 23.4 Å². The van der Waals surface area contributed by atoms with E-state index in [1.807, 2.05) is 32.6 Å². The Labute approximate surface area is 176 Å². The Bertz CT molecular complexity index is 688. The minimum absolute atomic E-state index is 0.0403. The standard InChI is InChI=1S/C18H29ClN6O2S/c1-5-20-18(27)25-9-8-24(11-13(25)4)15-10-14(19)21-17(22-15)28-12-16(26)23(6-2)7-3/h10,13H,5-9,11-12H2,1-4H3,(H,20,27)/t13-/m1/s1. The number of hydrogen-bond acceptors (Lipinski definition) is 6. The first-order chi connectivity index (χ1) is 13.4. The van der Waals surface area contributed by atoms with E-state index in [-0.39, 0.29) is 23.7 Å². The molecule has 156 valence electrons. The molecule has 0 aromatic carbocycles. The largest absolute Gasteiger partial charge is 0.353 e. The first kappa shape index (κ1) is 22.5. The average Bonchev–Trinajstić information content (AvgIpc) is 2.67. The number of hydrogen-bond donors (Lipinski definition) is 1. The van der Waals surface area contributed by atoms with Crippen molar-refractivity contribution in [1.29, 1.82) is 0 Å². The van der Waals surface area contributed by atoms with E-state index in [0.29, 0.717) is 49.6 Å². The summed E-state index contributed by atoms with van der Waals surface area (Å²) in [6, 6.07) is 1.74. The average molecular weight is 429 g/mol. The molecule has 0 saturated carbocycles. The van der Waals surface area contributed by atoms with E-state index in [0.717, 1.165) is 5.82 Å². The second kappa shape index (κ2) is 10.7. The van der Waals surface area contributed by atoms with Gasteiger partial charge in [-0.1, -0.05) is 23.4 Å². The van der Waals surface area contributed by atoms with Crippen LogP contribution in [0.15, 0.2) is 11.2 Å². The van der Waals surface area contributed by atoms with Gasteiger partial charge >= 0.3 is 6.03 Å². The van der Waals surface area contributed by atoms with Crippen LogP contribution in [0.3, 0.4) is 0 Å². The minimum Gasteiger partial charge on any atom is -0.353 e. The summed E-state index contributed by atoms with van der Waals surface area (Å²) >= 11 is 7.49. The van der Waals surface area contributed by atoms with Gasteiger partial charge in [0.2, 0.25) is 5.91 Å². The number of carbonyl (C=O) groups excluding carboxylic acids is 2. The Balaban J connectivity index is 2.03. The number of thioether (sulfide) groups is 1. The number of urea groups is 1. The zero-order valence-electron chi connectivity index (χ0n) is 16.9. The summed E-state index contributed by atoms with van der Waals surface area (Å²) in [4.78, 5) is 38.9. The van der Waals surface area contributed by atoms with Crippen LogP contribution in [0.4, 0.5) is 10.6 Å². The van der Waals surface area contributed by atoms with Crippen molar-refractivity contribution in [1.82, 2.24) is 25.1 Å². The summed E-state index contributed by atoms with van der Waals surface area (Å²) in [5.41, 5.74) is 0. The molecule has 1 aromatic rings. The molecule has 1 N–H and O–H groups in total.